The fourth-order valence-electron chi connectivity index (χ4n) is 2.56. The number of amides is 2. The van der Waals surface area contributed by atoms with E-state index in [9.17, 15) is 14.4 Å². The van der Waals surface area contributed by atoms with Crippen LogP contribution in [0.15, 0.2) is 53.4 Å². The highest BCUT2D eigenvalue weighted by molar-refractivity contribution is 8.19. The van der Waals surface area contributed by atoms with Gasteiger partial charge in [0.1, 0.15) is 11.5 Å². The number of hydrogen-bond donors (Lipinski definition) is 1. The number of carboxylic acid groups (broad SMARTS) is 1. The molecule has 0 bridgehead atoms. The Hall–Kier alpha value is -3.26. The van der Waals surface area contributed by atoms with Crippen LogP contribution in [0.25, 0.3) is 6.08 Å². The van der Waals surface area contributed by atoms with E-state index in [1.54, 1.807) is 54.6 Å². The number of para-hydroxylation sites is 1. The summed E-state index contributed by atoms with van der Waals surface area (Å²) >= 11 is 0.830. The minimum atomic E-state index is -0.961. The molecule has 0 radical (unpaired) electrons. The van der Waals surface area contributed by atoms with Crippen molar-refractivity contribution in [2.45, 2.75) is 6.42 Å². The molecule has 1 aliphatic rings. The molecule has 1 heterocycles. The van der Waals surface area contributed by atoms with E-state index < -0.39 is 17.1 Å². The van der Waals surface area contributed by atoms with Crippen LogP contribution < -0.4 is 14.4 Å². The zero-order valence-corrected chi connectivity index (χ0v) is 15.8. The second-order valence-electron chi connectivity index (χ2n) is 5.75. The Kier molecular flexibility index (Phi) is 6.00. The van der Waals surface area contributed by atoms with Crippen molar-refractivity contribution in [1.82, 2.24) is 0 Å². The number of aliphatic carboxylic acids is 1. The summed E-state index contributed by atoms with van der Waals surface area (Å²) in [5.74, 6) is -0.421. The fraction of sp³-hybridized carbons (Fsp3) is 0.150. The van der Waals surface area contributed by atoms with Gasteiger partial charge in [-0.05, 0) is 36.0 Å². The van der Waals surface area contributed by atoms with Crippen LogP contribution >= 0.6 is 11.8 Å². The van der Waals surface area contributed by atoms with Crippen LogP contribution in [0.2, 0.25) is 0 Å². The maximum atomic E-state index is 12.8. The van der Waals surface area contributed by atoms with E-state index in [-0.39, 0.29) is 17.9 Å². The molecule has 0 atom stereocenters. The van der Waals surface area contributed by atoms with Gasteiger partial charge >= 0.3 is 5.97 Å². The van der Waals surface area contributed by atoms with E-state index in [0.717, 1.165) is 16.7 Å². The lowest BCUT2D eigenvalue weighted by atomic mass is 10.2. The van der Waals surface area contributed by atoms with E-state index >= 15 is 0 Å². The Morgan fingerprint density at radius 3 is 2.71 bits per heavy atom. The van der Waals surface area contributed by atoms with Gasteiger partial charge in [0.25, 0.3) is 11.1 Å². The lowest BCUT2D eigenvalue weighted by Gasteiger charge is -2.13. The summed E-state index contributed by atoms with van der Waals surface area (Å²) in [7, 11) is 1.51. The molecular formula is C20H17NO6S. The van der Waals surface area contributed by atoms with Crippen molar-refractivity contribution >= 4 is 40.6 Å². The number of benzene rings is 2. The molecule has 0 unspecified atom stereocenters. The standard InChI is InChI=1S/C20H17NO6S/c1-26-15-7-4-6-14(12-15)21-19(24)17(28-20(21)25)11-13-5-2-3-8-16(13)27-10-9-18(22)23/h2-8,11-12H,9-10H2,1H3,(H,22,23)/b17-11+. The molecule has 1 N–H and O–H groups in total. The molecule has 0 aromatic heterocycles. The zero-order chi connectivity index (χ0) is 20.1. The molecule has 3 rings (SSSR count). The minimum Gasteiger partial charge on any atom is -0.497 e. The van der Waals surface area contributed by atoms with Gasteiger partial charge in [0, 0.05) is 11.6 Å². The van der Waals surface area contributed by atoms with Gasteiger partial charge < -0.3 is 14.6 Å². The van der Waals surface area contributed by atoms with Crippen molar-refractivity contribution in [2.75, 3.05) is 18.6 Å². The third-order valence-corrected chi connectivity index (χ3v) is 4.75. The van der Waals surface area contributed by atoms with Crippen molar-refractivity contribution in [3.05, 3.63) is 59.0 Å². The van der Waals surface area contributed by atoms with Gasteiger partial charge in [-0.25, -0.2) is 4.90 Å². The van der Waals surface area contributed by atoms with Crippen LogP contribution in [0.5, 0.6) is 11.5 Å². The predicted octanol–water partition coefficient (Wildman–Crippen LogP) is 3.79. The molecule has 2 amide bonds. The number of ether oxygens (including phenoxy) is 2. The van der Waals surface area contributed by atoms with E-state index in [4.69, 9.17) is 14.6 Å². The maximum Gasteiger partial charge on any atom is 0.306 e. The Morgan fingerprint density at radius 1 is 1.18 bits per heavy atom. The van der Waals surface area contributed by atoms with Gasteiger partial charge in [-0.3, -0.25) is 14.4 Å². The molecule has 28 heavy (non-hydrogen) atoms. The van der Waals surface area contributed by atoms with Crippen molar-refractivity contribution in [3.8, 4) is 11.5 Å². The maximum absolute atomic E-state index is 12.8. The van der Waals surface area contributed by atoms with E-state index in [1.807, 2.05) is 0 Å². The van der Waals surface area contributed by atoms with Gasteiger partial charge in [-0.15, -0.1) is 0 Å². The fourth-order valence-corrected chi connectivity index (χ4v) is 3.39. The number of carbonyl (C=O) groups excluding carboxylic acids is 2. The largest absolute Gasteiger partial charge is 0.497 e. The number of thioether (sulfide) groups is 1. The van der Waals surface area contributed by atoms with Gasteiger partial charge in [0.15, 0.2) is 0 Å². The number of hydrogen-bond acceptors (Lipinski definition) is 6. The molecule has 144 valence electrons. The lowest BCUT2D eigenvalue weighted by Crippen LogP contribution is -2.27. The second kappa shape index (κ2) is 8.62. The van der Waals surface area contributed by atoms with Crippen molar-refractivity contribution < 1.29 is 29.0 Å². The van der Waals surface area contributed by atoms with Crippen molar-refractivity contribution in [3.63, 3.8) is 0 Å². The SMILES string of the molecule is COc1cccc(N2C(=O)S/C(=C/c3ccccc3OCCC(=O)O)C2=O)c1. The average molecular weight is 399 g/mol. The van der Waals surface area contributed by atoms with Gasteiger partial charge in [0.2, 0.25) is 0 Å². The molecule has 8 heteroatoms. The van der Waals surface area contributed by atoms with Crippen LogP contribution in [0.3, 0.4) is 0 Å². The summed E-state index contributed by atoms with van der Waals surface area (Å²) < 4.78 is 10.6. The zero-order valence-electron chi connectivity index (χ0n) is 15.0. The molecule has 0 aliphatic carbocycles. The van der Waals surface area contributed by atoms with Gasteiger partial charge in [-0.1, -0.05) is 24.3 Å². The summed E-state index contributed by atoms with van der Waals surface area (Å²) in [5.41, 5.74) is 1.01. The number of imide groups is 1. The summed E-state index contributed by atoms with van der Waals surface area (Å²) in [5, 5.41) is 8.33. The highest BCUT2D eigenvalue weighted by Crippen LogP contribution is 2.37. The number of nitrogens with zero attached hydrogens (tertiary/aromatic N) is 1. The Bertz CT molecular complexity index is 955. The van der Waals surface area contributed by atoms with Crippen LogP contribution in [0, 0.1) is 0 Å². The number of rotatable bonds is 7. The number of carboxylic acids is 1. The molecule has 2 aromatic carbocycles. The topological polar surface area (TPSA) is 93.1 Å². The summed E-state index contributed by atoms with van der Waals surface area (Å²) in [4.78, 5) is 37.2. The molecule has 7 nitrogen and oxygen atoms in total. The molecule has 1 saturated heterocycles. The smallest absolute Gasteiger partial charge is 0.306 e. The first-order valence-electron chi connectivity index (χ1n) is 8.35. The Balaban J connectivity index is 1.85. The van der Waals surface area contributed by atoms with Crippen molar-refractivity contribution in [2.24, 2.45) is 0 Å². The number of methoxy groups -OCH3 is 1. The Morgan fingerprint density at radius 2 is 1.96 bits per heavy atom. The first-order valence-corrected chi connectivity index (χ1v) is 9.17. The summed E-state index contributed by atoms with van der Waals surface area (Å²) in [6, 6.07) is 13.6. The van der Waals surface area contributed by atoms with E-state index in [2.05, 4.69) is 0 Å². The summed E-state index contributed by atoms with van der Waals surface area (Å²) in [6.07, 6.45) is 1.43. The highest BCUT2D eigenvalue weighted by atomic mass is 32.2. The highest BCUT2D eigenvalue weighted by Gasteiger charge is 2.36. The monoisotopic (exact) mass is 399 g/mol. The molecule has 0 saturated carbocycles. The molecule has 2 aromatic rings. The lowest BCUT2D eigenvalue weighted by molar-refractivity contribution is -0.137. The van der Waals surface area contributed by atoms with Crippen LogP contribution in [0.1, 0.15) is 12.0 Å². The quantitative estimate of drug-likeness (QED) is 0.708. The first kappa shape index (κ1) is 19.5. The molecule has 0 spiro atoms. The van der Waals surface area contributed by atoms with E-state index in [0.29, 0.717) is 22.7 Å². The first-order chi connectivity index (χ1) is 13.5. The number of carbonyl (C=O) groups is 3. The van der Waals surface area contributed by atoms with Gasteiger partial charge in [-0.2, -0.15) is 0 Å². The average Bonchev–Trinajstić information content (AvgIpc) is 2.96. The molecular weight excluding hydrogens is 382 g/mol. The van der Waals surface area contributed by atoms with Crippen molar-refractivity contribution in [1.29, 1.82) is 0 Å². The number of anilines is 1. The summed E-state index contributed by atoms with van der Waals surface area (Å²) in [6.45, 7) is 0.00543. The van der Waals surface area contributed by atoms with Crippen LogP contribution in [-0.2, 0) is 9.59 Å². The minimum absolute atomic E-state index is 0.00543. The molecule has 1 aliphatic heterocycles. The molecule has 1 fully saturated rings. The third kappa shape index (κ3) is 4.34. The predicted molar refractivity (Wildman–Crippen MR) is 106 cm³/mol. The van der Waals surface area contributed by atoms with Gasteiger partial charge in [0.05, 0.1) is 30.7 Å². The third-order valence-electron chi connectivity index (χ3n) is 3.88. The normalized spacial score (nSPS) is 15.2. The van der Waals surface area contributed by atoms with Crippen LogP contribution in [-0.4, -0.2) is 35.9 Å². The van der Waals surface area contributed by atoms with Crippen LogP contribution in [0.4, 0.5) is 10.5 Å². The Labute approximate surface area is 165 Å². The van der Waals surface area contributed by atoms with E-state index in [1.165, 1.54) is 7.11 Å². The second-order valence-corrected chi connectivity index (χ2v) is 6.74.